The number of nitrogens with zero attached hydrogens (tertiary/aromatic N) is 2. The standard InChI is InChI=1S/C21H29N3O5/c1-23-7-5-6-16(23)17(24-8-10-29-11-9-24)14-22-21(25)15-12-18(26-2)20(28-4)19(13-15)27-3/h5-7,12-13,17H,8-11,14H2,1-4H3,(H,22,25). The first-order valence-corrected chi connectivity index (χ1v) is 9.60. The first-order chi connectivity index (χ1) is 14.1. The number of methoxy groups -OCH3 is 3. The van der Waals surface area contributed by atoms with Crippen LogP contribution in [0.4, 0.5) is 0 Å². The van der Waals surface area contributed by atoms with Crippen molar-refractivity contribution >= 4 is 5.91 Å². The molecule has 1 aromatic carbocycles. The number of morpholine rings is 1. The molecule has 8 heteroatoms. The van der Waals surface area contributed by atoms with Gasteiger partial charge in [-0.1, -0.05) is 0 Å². The molecule has 1 aliphatic rings. The number of carbonyl (C=O) groups is 1. The van der Waals surface area contributed by atoms with E-state index in [1.54, 1.807) is 12.1 Å². The summed E-state index contributed by atoms with van der Waals surface area (Å²) in [6, 6.07) is 7.48. The molecule has 1 fully saturated rings. The van der Waals surface area contributed by atoms with E-state index in [1.165, 1.54) is 21.3 Å². The van der Waals surface area contributed by atoms with Crippen LogP contribution in [0.2, 0.25) is 0 Å². The first-order valence-electron chi connectivity index (χ1n) is 9.60. The van der Waals surface area contributed by atoms with Gasteiger partial charge < -0.3 is 28.8 Å². The predicted molar refractivity (Wildman–Crippen MR) is 109 cm³/mol. The van der Waals surface area contributed by atoms with Gasteiger partial charge in [0.1, 0.15) is 0 Å². The molecule has 1 aliphatic heterocycles. The zero-order chi connectivity index (χ0) is 20.8. The van der Waals surface area contributed by atoms with E-state index in [9.17, 15) is 4.79 Å². The van der Waals surface area contributed by atoms with Gasteiger partial charge in [-0.3, -0.25) is 9.69 Å². The van der Waals surface area contributed by atoms with Gasteiger partial charge in [-0.15, -0.1) is 0 Å². The summed E-state index contributed by atoms with van der Waals surface area (Å²) in [6.07, 6.45) is 2.02. The van der Waals surface area contributed by atoms with Crippen molar-refractivity contribution in [2.24, 2.45) is 7.05 Å². The second kappa shape index (κ2) is 9.67. The minimum Gasteiger partial charge on any atom is -0.493 e. The van der Waals surface area contributed by atoms with Gasteiger partial charge in [-0.25, -0.2) is 0 Å². The number of benzene rings is 1. The maximum Gasteiger partial charge on any atom is 0.251 e. The largest absolute Gasteiger partial charge is 0.493 e. The van der Waals surface area contributed by atoms with E-state index >= 15 is 0 Å². The summed E-state index contributed by atoms with van der Waals surface area (Å²) in [5.74, 6) is 1.16. The minimum absolute atomic E-state index is 0.0601. The Bertz CT molecular complexity index is 804. The highest BCUT2D eigenvalue weighted by atomic mass is 16.5. The van der Waals surface area contributed by atoms with Crippen LogP contribution in [-0.2, 0) is 11.8 Å². The van der Waals surface area contributed by atoms with Gasteiger partial charge in [-0.05, 0) is 24.3 Å². The highest BCUT2D eigenvalue weighted by Gasteiger charge is 2.25. The average molecular weight is 403 g/mol. The fourth-order valence-corrected chi connectivity index (χ4v) is 3.63. The average Bonchev–Trinajstić information content (AvgIpc) is 3.18. The monoisotopic (exact) mass is 403 g/mol. The molecule has 1 unspecified atom stereocenters. The Kier molecular flexibility index (Phi) is 7.00. The van der Waals surface area contributed by atoms with Crippen LogP contribution in [0, 0.1) is 0 Å². The summed E-state index contributed by atoms with van der Waals surface area (Å²) in [5, 5.41) is 3.07. The van der Waals surface area contributed by atoms with Crippen LogP contribution >= 0.6 is 0 Å². The summed E-state index contributed by atoms with van der Waals surface area (Å²) in [5.41, 5.74) is 1.60. The number of amides is 1. The lowest BCUT2D eigenvalue weighted by Gasteiger charge is -2.35. The van der Waals surface area contributed by atoms with E-state index in [2.05, 4.69) is 20.9 Å². The zero-order valence-corrected chi connectivity index (χ0v) is 17.4. The van der Waals surface area contributed by atoms with Crippen LogP contribution in [-0.4, -0.2) is 69.6 Å². The van der Waals surface area contributed by atoms with E-state index in [-0.39, 0.29) is 11.9 Å². The molecule has 1 amide bonds. The molecule has 0 bridgehead atoms. The number of ether oxygens (including phenoxy) is 4. The maximum atomic E-state index is 12.9. The lowest BCUT2D eigenvalue weighted by molar-refractivity contribution is 0.0148. The van der Waals surface area contributed by atoms with Crippen molar-refractivity contribution in [2.45, 2.75) is 6.04 Å². The molecule has 1 aromatic heterocycles. The molecule has 2 heterocycles. The number of rotatable bonds is 8. The van der Waals surface area contributed by atoms with E-state index in [0.717, 1.165) is 18.8 Å². The minimum atomic E-state index is -0.197. The third kappa shape index (κ3) is 4.65. The lowest BCUT2D eigenvalue weighted by atomic mass is 10.1. The van der Waals surface area contributed by atoms with Gasteiger partial charge in [0.15, 0.2) is 11.5 Å². The molecule has 0 saturated carbocycles. The van der Waals surface area contributed by atoms with E-state index in [1.807, 2.05) is 19.3 Å². The number of carbonyl (C=O) groups excluding carboxylic acids is 1. The van der Waals surface area contributed by atoms with Crippen LogP contribution in [0.1, 0.15) is 22.1 Å². The molecule has 3 rings (SSSR count). The van der Waals surface area contributed by atoms with Gasteiger partial charge in [0.2, 0.25) is 5.75 Å². The molecule has 0 spiro atoms. The molecule has 158 valence electrons. The van der Waals surface area contributed by atoms with Crippen LogP contribution in [0.3, 0.4) is 0 Å². The number of aryl methyl sites for hydroxylation is 1. The molecule has 2 aromatic rings. The van der Waals surface area contributed by atoms with E-state index in [4.69, 9.17) is 18.9 Å². The summed E-state index contributed by atoms with van der Waals surface area (Å²) >= 11 is 0. The van der Waals surface area contributed by atoms with Gasteiger partial charge in [0.05, 0.1) is 40.6 Å². The highest BCUT2D eigenvalue weighted by molar-refractivity contribution is 5.95. The van der Waals surface area contributed by atoms with Crippen LogP contribution in [0.15, 0.2) is 30.5 Å². The SMILES string of the molecule is COc1cc(C(=O)NCC(c2cccn2C)N2CCOCC2)cc(OC)c1OC. The molecule has 0 aliphatic carbocycles. The highest BCUT2D eigenvalue weighted by Crippen LogP contribution is 2.38. The number of hydrogen-bond acceptors (Lipinski definition) is 6. The first kappa shape index (κ1) is 21.0. The molecular formula is C21H29N3O5. The maximum absolute atomic E-state index is 12.9. The Labute approximate surface area is 171 Å². The molecular weight excluding hydrogens is 374 g/mol. The molecule has 29 heavy (non-hydrogen) atoms. The summed E-state index contributed by atoms with van der Waals surface area (Å²) < 4.78 is 23.6. The fraction of sp³-hybridized carbons (Fsp3) is 0.476. The smallest absolute Gasteiger partial charge is 0.251 e. The zero-order valence-electron chi connectivity index (χ0n) is 17.4. The van der Waals surface area contributed by atoms with E-state index < -0.39 is 0 Å². The molecule has 8 nitrogen and oxygen atoms in total. The lowest BCUT2D eigenvalue weighted by Crippen LogP contribution is -2.44. The second-order valence-corrected chi connectivity index (χ2v) is 6.83. The Morgan fingerprint density at radius 3 is 2.31 bits per heavy atom. The Morgan fingerprint density at radius 1 is 1.14 bits per heavy atom. The molecule has 1 saturated heterocycles. The summed E-state index contributed by atoms with van der Waals surface area (Å²) in [7, 11) is 6.61. The van der Waals surface area contributed by atoms with Crippen LogP contribution in [0.5, 0.6) is 17.2 Å². The van der Waals surface area contributed by atoms with Crippen molar-refractivity contribution in [3.63, 3.8) is 0 Å². The topological polar surface area (TPSA) is 74.2 Å². The number of hydrogen-bond donors (Lipinski definition) is 1. The molecule has 1 atom stereocenters. The Hall–Kier alpha value is -2.71. The van der Waals surface area contributed by atoms with Crippen molar-refractivity contribution in [1.29, 1.82) is 0 Å². The van der Waals surface area contributed by atoms with Crippen molar-refractivity contribution in [2.75, 3.05) is 54.2 Å². The van der Waals surface area contributed by atoms with Gasteiger partial charge in [-0.2, -0.15) is 0 Å². The molecule has 0 radical (unpaired) electrons. The third-order valence-corrected chi connectivity index (χ3v) is 5.19. The number of nitrogens with one attached hydrogen (secondary N) is 1. The molecule has 1 N–H and O–H groups in total. The van der Waals surface area contributed by atoms with Crippen molar-refractivity contribution in [1.82, 2.24) is 14.8 Å². The summed E-state index contributed by atoms with van der Waals surface area (Å²) in [6.45, 7) is 3.53. The van der Waals surface area contributed by atoms with Gasteiger partial charge in [0, 0.05) is 44.1 Å². The predicted octanol–water partition coefficient (Wildman–Crippen LogP) is 1.85. The number of aromatic nitrogens is 1. The fourth-order valence-electron chi connectivity index (χ4n) is 3.63. The van der Waals surface area contributed by atoms with Gasteiger partial charge >= 0.3 is 0 Å². The van der Waals surface area contributed by atoms with Crippen molar-refractivity contribution in [3.05, 3.63) is 41.7 Å². The Balaban J connectivity index is 1.79. The van der Waals surface area contributed by atoms with Crippen LogP contribution < -0.4 is 19.5 Å². The quantitative estimate of drug-likeness (QED) is 0.725. The van der Waals surface area contributed by atoms with Crippen LogP contribution in [0.25, 0.3) is 0 Å². The Morgan fingerprint density at radius 2 is 1.79 bits per heavy atom. The second-order valence-electron chi connectivity index (χ2n) is 6.83. The van der Waals surface area contributed by atoms with Crippen molar-refractivity contribution < 1.29 is 23.7 Å². The summed E-state index contributed by atoms with van der Waals surface area (Å²) in [4.78, 5) is 15.3. The van der Waals surface area contributed by atoms with Crippen molar-refractivity contribution in [3.8, 4) is 17.2 Å². The van der Waals surface area contributed by atoms with Gasteiger partial charge in [0.25, 0.3) is 5.91 Å². The normalized spacial score (nSPS) is 15.6. The third-order valence-electron chi connectivity index (χ3n) is 5.19. The van der Waals surface area contributed by atoms with E-state index in [0.29, 0.717) is 42.6 Å².